The van der Waals surface area contributed by atoms with Crippen LogP contribution in [0.5, 0.6) is 11.5 Å². The quantitative estimate of drug-likeness (QED) is 0.535. The number of methoxy groups -OCH3 is 2. The molecular weight excluding hydrogens is 390 g/mol. The number of benzene rings is 2. The summed E-state index contributed by atoms with van der Waals surface area (Å²) < 4.78 is 20.8. The molecule has 1 amide bonds. The van der Waals surface area contributed by atoms with Gasteiger partial charge in [-0.3, -0.25) is 14.9 Å². The molecule has 0 radical (unpaired) electrons. The van der Waals surface area contributed by atoms with Gasteiger partial charge in [0.15, 0.2) is 18.1 Å². The predicted molar refractivity (Wildman–Crippen MR) is 107 cm³/mol. The Balaban J connectivity index is 1.44. The highest BCUT2D eigenvalue weighted by Crippen LogP contribution is 2.28. The second-order valence-corrected chi connectivity index (χ2v) is 6.18. The number of hydrogen-bond donors (Lipinski definition) is 1. The van der Waals surface area contributed by atoms with Gasteiger partial charge in [0.05, 0.1) is 14.2 Å². The Bertz CT molecular complexity index is 1000. The Morgan fingerprint density at radius 3 is 2.50 bits per heavy atom. The van der Waals surface area contributed by atoms with Crippen LogP contribution in [0.1, 0.15) is 12.0 Å². The average Bonchev–Trinajstić information content (AvgIpc) is 3.25. The van der Waals surface area contributed by atoms with E-state index in [1.807, 2.05) is 24.3 Å². The van der Waals surface area contributed by atoms with Crippen LogP contribution < -0.4 is 14.8 Å². The van der Waals surface area contributed by atoms with Crippen molar-refractivity contribution in [3.05, 3.63) is 54.1 Å². The molecule has 0 spiro atoms. The maximum absolute atomic E-state index is 11.9. The van der Waals surface area contributed by atoms with Crippen molar-refractivity contribution in [1.82, 2.24) is 10.2 Å². The first-order valence-corrected chi connectivity index (χ1v) is 9.14. The molecule has 0 saturated heterocycles. The number of anilines is 1. The normalized spacial score (nSPS) is 10.3. The summed E-state index contributed by atoms with van der Waals surface area (Å²) in [5, 5.41) is 10.0. The van der Waals surface area contributed by atoms with Crippen molar-refractivity contribution in [3.8, 4) is 23.0 Å². The SMILES string of the molecule is COc1ccc(CCC(=O)OCC(=O)Nc2nnc(-c3ccccc3)o2)cc1OC. The molecule has 9 nitrogen and oxygen atoms in total. The second kappa shape index (κ2) is 10.1. The summed E-state index contributed by atoms with van der Waals surface area (Å²) in [5.41, 5.74) is 1.61. The van der Waals surface area contributed by atoms with Crippen molar-refractivity contribution in [2.24, 2.45) is 0 Å². The fourth-order valence-electron chi connectivity index (χ4n) is 2.63. The number of rotatable bonds is 9. The summed E-state index contributed by atoms with van der Waals surface area (Å²) in [7, 11) is 3.09. The van der Waals surface area contributed by atoms with Gasteiger partial charge in [-0.15, -0.1) is 5.10 Å². The number of aryl methyl sites for hydroxylation is 1. The molecular formula is C21H21N3O6. The van der Waals surface area contributed by atoms with Gasteiger partial charge in [0.25, 0.3) is 5.91 Å². The largest absolute Gasteiger partial charge is 0.493 e. The van der Waals surface area contributed by atoms with Crippen LogP contribution in [-0.2, 0) is 20.7 Å². The monoisotopic (exact) mass is 411 g/mol. The van der Waals surface area contributed by atoms with E-state index in [0.29, 0.717) is 17.9 Å². The lowest BCUT2D eigenvalue weighted by atomic mass is 10.1. The lowest BCUT2D eigenvalue weighted by Gasteiger charge is -2.09. The molecule has 0 bridgehead atoms. The number of carbonyl (C=O) groups is 2. The van der Waals surface area contributed by atoms with Crippen molar-refractivity contribution < 1.29 is 28.2 Å². The first-order valence-electron chi connectivity index (χ1n) is 9.14. The van der Waals surface area contributed by atoms with Gasteiger partial charge in [0.1, 0.15) is 0 Å². The zero-order valence-corrected chi connectivity index (χ0v) is 16.6. The number of esters is 1. The molecule has 0 aliphatic carbocycles. The van der Waals surface area contributed by atoms with E-state index in [0.717, 1.165) is 11.1 Å². The molecule has 30 heavy (non-hydrogen) atoms. The van der Waals surface area contributed by atoms with E-state index in [9.17, 15) is 9.59 Å². The maximum Gasteiger partial charge on any atom is 0.322 e. The van der Waals surface area contributed by atoms with Crippen LogP contribution in [0.25, 0.3) is 11.5 Å². The molecule has 0 aliphatic rings. The van der Waals surface area contributed by atoms with E-state index < -0.39 is 18.5 Å². The zero-order chi connectivity index (χ0) is 21.3. The van der Waals surface area contributed by atoms with Crippen LogP contribution in [-0.4, -0.2) is 42.9 Å². The Labute approximate surface area is 173 Å². The lowest BCUT2D eigenvalue weighted by Crippen LogP contribution is -2.21. The maximum atomic E-state index is 11.9. The van der Waals surface area contributed by atoms with Crippen molar-refractivity contribution in [2.75, 3.05) is 26.1 Å². The van der Waals surface area contributed by atoms with Crippen molar-refractivity contribution in [2.45, 2.75) is 12.8 Å². The van der Waals surface area contributed by atoms with Gasteiger partial charge in [-0.05, 0) is 36.2 Å². The van der Waals surface area contributed by atoms with Crippen LogP contribution in [0.15, 0.2) is 52.9 Å². The van der Waals surface area contributed by atoms with Crippen molar-refractivity contribution >= 4 is 17.9 Å². The molecule has 3 aromatic rings. The van der Waals surface area contributed by atoms with Crippen LogP contribution in [0.3, 0.4) is 0 Å². The van der Waals surface area contributed by atoms with Crippen molar-refractivity contribution in [3.63, 3.8) is 0 Å². The first-order chi connectivity index (χ1) is 14.6. The van der Waals surface area contributed by atoms with Gasteiger partial charge >= 0.3 is 12.0 Å². The molecule has 0 fully saturated rings. The highest BCUT2D eigenvalue weighted by atomic mass is 16.5. The van der Waals surface area contributed by atoms with E-state index in [1.54, 1.807) is 38.5 Å². The Morgan fingerprint density at radius 2 is 1.77 bits per heavy atom. The van der Waals surface area contributed by atoms with Gasteiger partial charge in [-0.2, -0.15) is 0 Å². The average molecular weight is 411 g/mol. The van der Waals surface area contributed by atoms with Gasteiger partial charge in [0.2, 0.25) is 5.89 Å². The third kappa shape index (κ3) is 5.57. The number of nitrogens with one attached hydrogen (secondary N) is 1. The Morgan fingerprint density at radius 1 is 1.00 bits per heavy atom. The minimum Gasteiger partial charge on any atom is -0.493 e. The highest BCUT2D eigenvalue weighted by molar-refractivity contribution is 5.91. The molecule has 0 atom stereocenters. The molecule has 1 aromatic heterocycles. The number of ether oxygens (including phenoxy) is 3. The van der Waals surface area contributed by atoms with Crippen molar-refractivity contribution in [1.29, 1.82) is 0 Å². The van der Waals surface area contributed by atoms with E-state index in [2.05, 4.69) is 15.5 Å². The minimum absolute atomic E-state index is 0.0692. The van der Waals surface area contributed by atoms with Crippen LogP contribution in [0.4, 0.5) is 6.01 Å². The Hall–Kier alpha value is -3.88. The van der Waals surface area contributed by atoms with E-state index in [-0.39, 0.29) is 18.3 Å². The summed E-state index contributed by atoms with van der Waals surface area (Å²) in [6, 6.07) is 14.5. The minimum atomic E-state index is -0.572. The van der Waals surface area contributed by atoms with Crippen LogP contribution in [0, 0.1) is 0 Å². The fraction of sp³-hybridized carbons (Fsp3) is 0.238. The number of aromatic nitrogens is 2. The van der Waals surface area contributed by atoms with Gasteiger partial charge < -0.3 is 18.6 Å². The molecule has 0 unspecified atom stereocenters. The molecule has 9 heteroatoms. The molecule has 0 aliphatic heterocycles. The number of amides is 1. The molecule has 1 heterocycles. The molecule has 156 valence electrons. The molecule has 0 saturated carbocycles. The first kappa shape index (κ1) is 20.8. The summed E-state index contributed by atoms with van der Waals surface area (Å²) in [6.45, 7) is -0.451. The summed E-state index contributed by atoms with van der Waals surface area (Å²) in [6.07, 6.45) is 0.548. The van der Waals surface area contributed by atoms with Crippen LogP contribution in [0.2, 0.25) is 0 Å². The third-order valence-electron chi connectivity index (χ3n) is 4.12. The topological polar surface area (TPSA) is 113 Å². The smallest absolute Gasteiger partial charge is 0.322 e. The third-order valence-corrected chi connectivity index (χ3v) is 4.12. The lowest BCUT2D eigenvalue weighted by molar-refractivity contribution is -0.147. The molecule has 2 aromatic carbocycles. The Kier molecular flexibility index (Phi) is 6.99. The van der Waals surface area contributed by atoms with E-state index >= 15 is 0 Å². The number of hydrogen-bond acceptors (Lipinski definition) is 8. The number of nitrogens with zero attached hydrogens (tertiary/aromatic N) is 2. The fourth-order valence-corrected chi connectivity index (χ4v) is 2.63. The standard InChI is InChI=1S/C21H21N3O6/c1-27-16-10-8-14(12-17(16)28-2)9-11-19(26)29-13-18(25)22-21-24-23-20(30-21)15-6-4-3-5-7-15/h3-8,10,12H,9,11,13H2,1-2H3,(H,22,24,25). The van der Waals surface area contributed by atoms with Crippen LogP contribution >= 0.6 is 0 Å². The summed E-state index contributed by atoms with van der Waals surface area (Å²) in [5.74, 6) is 0.389. The molecule has 3 rings (SSSR count). The summed E-state index contributed by atoms with van der Waals surface area (Å²) in [4.78, 5) is 23.9. The predicted octanol–water partition coefficient (Wildman–Crippen LogP) is 2.87. The summed E-state index contributed by atoms with van der Waals surface area (Å²) >= 11 is 0. The van der Waals surface area contributed by atoms with Gasteiger partial charge in [-0.25, -0.2) is 0 Å². The zero-order valence-electron chi connectivity index (χ0n) is 16.6. The van der Waals surface area contributed by atoms with Gasteiger partial charge in [0, 0.05) is 12.0 Å². The highest BCUT2D eigenvalue weighted by Gasteiger charge is 2.13. The number of carbonyl (C=O) groups excluding carboxylic acids is 2. The molecule has 1 N–H and O–H groups in total. The van der Waals surface area contributed by atoms with E-state index in [1.165, 1.54) is 0 Å². The second-order valence-electron chi connectivity index (χ2n) is 6.18. The van der Waals surface area contributed by atoms with Gasteiger partial charge in [-0.1, -0.05) is 29.4 Å². The van der Waals surface area contributed by atoms with E-state index in [4.69, 9.17) is 18.6 Å².